The van der Waals surface area contributed by atoms with Gasteiger partial charge in [-0.25, -0.2) is 4.79 Å². The Morgan fingerprint density at radius 2 is 1.61 bits per heavy atom. The molecule has 2 unspecified atom stereocenters. The molecule has 0 saturated carbocycles. The maximum atomic E-state index is 14.1. The van der Waals surface area contributed by atoms with Gasteiger partial charge in [-0.2, -0.15) is 0 Å². The van der Waals surface area contributed by atoms with Crippen LogP contribution in [0, 0.1) is 12.8 Å². The van der Waals surface area contributed by atoms with Crippen LogP contribution in [0.5, 0.6) is 0 Å². The maximum absolute atomic E-state index is 14.1. The average Bonchev–Trinajstić information content (AvgIpc) is 2.81. The largest absolute Gasteiger partial charge is 0.444 e. The van der Waals surface area contributed by atoms with Gasteiger partial charge in [-0.3, -0.25) is 9.59 Å². The second-order valence-electron chi connectivity index (χ2n) is 11.1. The highest BCUT2D eigenvalue weighted by molar-refractivity contribution is 6.34. The summed E-state index contributed by atoms with van der Waals surface area (Å²) in [5, 5.41) is 6.10. The zero-order valence-electron chi connectivity index (χ0n) is 24.0. The van der Waals surface area contributed by atoms with Gasteiger partial charge in [0.25, 0.3) is 5.91 Å². The summed E-state index contributed by atoms with van der Waals surface area (Å²) >= 11 is 6.41. The van der Waals surface area contributed by atoms with Crippen LogP contribution >= 0.6 is 11.6 Å². The standard InChI is InChI=1S/C30H42ClN3O4/c1-10-21-14-16-22(17-15-21)26(27(35)32-25-20(6)12-11-13-23(25)31)34(19(4)5)28(36)24(18(2)3)33-29(37)38-30(7,8)9/h11-19,24,26H,10H2,1-9H3,(H,32,35)(H,33,37). The number of aryl methyl sites for hydroxylation is 2. The maximum Gasteiger partial charge on any atom is 0.408 e. The molecule has 2 aromatic rings. The lowest BCUT2D eigenvalue weighted by Gasteiger charge is -2.38. The smallest absolute Gasteiger partial charge is 0.408 e. The lowest BCUT2D eigenvalue weighted by molar-refractivity contribution is -0.143. The molecule has 3 amide bonds. The SMILES string of the molecule is CCc1ccc(C(C(=O)Nc2c(C)cccc2Cl)N(C(=O)C(NC(=O)OC(C)(C)C)C(C)C)C(C)C)cc1. The predicted octanol–water partition coefficient (Wildman–Crippen LogP) is 6.68. The molecule has 0 heterocycles. The van der Waals surface area contributed by atoms with Crippen LogP contribution in [0.15, 0.2) is 42.5 Å². The molecule has 7 nitrogen and oxygen atoms in total. The van der Waals surface area contributed by atoms with Gasteiger partial charge in [0.1, 0.15) is 17.7 Å². The second kappa shape index (κ2) is 13.1. The fourth-order valence-corrected chi connectivity index (χ4v) is 4.41. The van der Waals surface area contributed by atoms with E-state index in [4.69, 9.17) is 16.3 Å². The van der Waals surface area contributed by atoms with Crippen LogP contribution in [-0.4, -0.2) is 40.5 Å². The quantitative estimate of drug-likeness (QED) is 0.369. The molecule has 2 rings (SSSR count). The molecule has 38 heavy (non-hydrogen) atoms. The van der Waals surface area contributed by atoms with Crippen LogP contribution in [0.4, 0.5) is 10.5 Å². The molecule has 0 radical (unpaired) electrons. The number of para-hydroxylation sites is 1. The van der Waals surface area contributed by atoms with Gasteiger partial charge in [-0.05, 0) is 76.6 Å². The number of rotatable bonds is 9. The van der Waals surface area contributed by atoms with Crippen molar-refractivity contribution in [1.82, 2.24) is 10.2 Å². The Balaban J connectivity index is 2.56. The van der Waals surface area contributed by atoms with E-state index in [9.17, 15) is 14.4 Å². The fraction of sp³-hybridized carbons (Fsp3) is 0.500. The number of ether oxygens (including phenoxy) is 1. The molecule has 2 atom stereocenters. The van der Waals surface area contributed by atoms with Crippen molar-refractivity contribution in [2.75, 3.05) is 5.32 Å². The van der Waals surface area contributed by atoms with Gasteiger partial charge in [-0.15, -0.1) is 0 Å². The molecule has 0 aliphatic carbocycles. The van der Waals surface area contributed by atoms with Gasteiger partial charge < -0.3 is 20.3 Å². The van der Waals surface area contributed by atoms with Gasteiger partial charge >= 0.3 is 6.09 Å². The van der Waals surface area contributed by atoms with E-state index < -0.39 is 29.7 Å². The Bertz CT molecular complexity index is 1100. The van der Waals surface area contributed by atoms with E-state index in [2.05, 4.69) is 17.6 Å². The Kier molecular flexibility index (Phi) is 10.8. The first-order valence-corrected chi connectivity index (χ1v) is 13.5. The highest BCUT2D eigenvalue weighted by Crippen LogP contribution is 2.31. The summed E-state index contributed by atoms with van der Waals surface area (Å²) in [6.07, 6.45) is 0.158. The number of carbonyl (C=O) groups is 3. The molecule has 8 heteroatoms. The Morgan fingerprint density at radius 3 is 2.08 bits per heavy atom. The third-order valence-corrected chi connectivity index (χ3v) is 6.43. The Morgan fingerprint density at radius 1 is 1.00 bits per heavy atom. The third kappa shape index (κ3) is 8.22. The molecule has 0 spiro atoms. The summed E-state index contributed by atoms with van der Waals surface area (Å²) in [6.45, 7) is 16.6. The summed E-state index contributed by atoms with van der Waals surface area (Å²) in [7, 11) is 0. The summed E-state index contributed by atoms with van der Waals surface area (Å²) in [5.41, 5.74) is 2.36. The number of nitrogens with zero attached hydrogens (tertiary/aromatic N) is 1. The zero-order valence-corrected chi connectivity index (χ0v) is 24.8. The average molecular weight is 544 g/mol. The number of carbonyl (C=O) groups excluding carboxylic acids is 3. The van der Waals surface area contributed by atoms with Gasteiger partial charge in [0.05, 0.1) is 10.7 Å². The summed E-state index contributed by atoms with van der Waals surface area (Å²) in [5.74, 6) is -1.03. The van der Waals surface area contributed by atoms with Crippen molar-refractivity contribution in [3.05, 3.63) is 64.2 Å². The molecule has 2 N–H and O–H groups in total. The Labute approximate surface area is 232 Å². The number of nitrogens with one attached hydrogen (secondary N) is 2. The number of benzene rings is 2. The number of hydrogen-bond donors (Lipinski definition) is 2. The number of alkyl carbamates (subject to hydrolysis) is 1. The van der Waals surface area contributed by atoms with Crippen molar-refractivity contribution in [2.45, 2.75) is 92.5 Å². The van der Waals surface area contributed by atoms with Crippen LogP contribution in [0.1, 0.15) is 78.1 Å². The van der Waals surface area contributed by atoms with Crippen molar-refractivity contribution < 1.29 is 19.1 Å². The molecule has 2 aromatic carbocycles. The van der Waals surface area contributed by atoms with E-state index in [1.54, 1.807) is 26.8 Å². The van der Waals surface area contributed by atoms with E-state index in [-0.39, 0.29) is 17.9 Å². The molecule has 208 valence electrons. The molecule has 0 aliphatic rings. The first-order chi connectivity index (χ1) is 17.7. The highest BCUT2D eigenvalue weighted by atomic mass is 35.5. The first-order valence-electron chi connectivity index (χ1n) is 13.1. The molecule has 0 aromatic heterocycles. The molecular formula is C30H42ClN3O4. The normalized spacial score (nSPS) is 13.2. The van der Waals surface area contributed by atoms with Crippen LogP contribution in [0.2, 0.25) is 5.02 Å². The van der Waals surface area contributed by atoms with Gasteiger partial charge in [0.2, 0.25) is 5.91 Å². The van der Waals surface area contributed by atoms with Crippen LogP contribution < -0.4 is 10.6 Å². The minimum Gasteiger partial charge on any atom is -0.444 e. The first kappa shape index (κ1) is 31.2. The number of anilines is 1. The lowest BCUT2D eigenvalue weighted by Crippen LogP contribution is -2.56. The van der Waals surface area contributed by atoms with Gasteiger partial charge in [0, 0.05) is 6.04 Å². The van der Waals surface area contributed by atoms with Gasteiger partial charge in [-0.1, -0.05) is 68.8 Å². The third-order valence-electron chi connectivity index (χ3n) is 6.12. The van der Waals surface area contributed by atoms with Crippen LogP contribution in [-0.2, 0) is 20.7 Å². The minimum atomic E-state index is -0.967. The lowest BCUT2D eigenvalue weighted by atomic mass is 9.96. The fourth-order valence-electron chi connectivity index (χ4n) is 4.14. The van der Waals surface area contributed by atoms with Crippen LogP contribution in [0.3, 0.4) is 0 Å². The van der Waals surface area contributed by atoms with E-state index in [1.807, 2.05) is 71.0 Å². The molecular weight excluding hydrogens is 502 g/mol. The summed E-state index contributed by atoms with van der Waals surface area (Å²) in [6, 6.07) is 10.8. The second-order valence-corrected chi connectivity index (χ2v) is 11.5. The van der Waals surface area contributed by atoms with Crippen molar-refractivity contribution in [1.29, 1.82) is 0 Å². The molecule has 0 saturated heterocycles. The van der Waals surface area contributed by atoms with Crippen LogP contribution in [0.25, 0.3) is 0 Å². The van der Waals surface area contributed by atoms with E-state index in [1.165, 1.54) is 4.90 Å². The van der Waals surface area contributed by atoms with E-state index in [0.29, 0.717) is 16.3 Å². The molecule has 0 aliphatic heterocycles. The highest BCUT2D eigenvalue weighted by Gasteiger charge is 2.39. The topological polar surface area (TPSA) is 87.7 Å². The predicted molar refractivity (Wildman–Crippen MR) is 153 cm³/mol. The zero-order chi connectivity index (χ0) is 28.8. The monoisotopic (exact) mass is 543 g/mol. The molecule has 0 fully saturated rings. The number of hydrogen-bond acceptors (Lipinski definition) is 4. The van der Waals surface area contributed by atoms with Crippen molar-refractivity contribution >= 4 is 35.2 Å². The van der Waals surface area contributed by atoms with Crippen molar-refractivity contribution in [2.24, 2.45) is 5.92 Å². The minimum absolute atomic E-state index is 0.256. The number of amides is 3. The van der Waals surface area contributed by atoms with E-state index in [0.717, 1.165) is 17.5 Å². The number of halogens is 1. The summed E-state index contributed by atoms with van der Waals surface area (Å²) in [4.78, 5) is 42.2. The van der Waals surface area contributed by atoms with Crippen molar-refractivity contribution in [3.8, 4) is 0 Å². The van der Waals surface area contributed by atoms with Gasteiger partial charge in [0.15, 0.2) is 0 Å². The molecule has 0 bridgehead atoms. The van der Waals surface area contributed by atoms with E-state index >= 15 is 0 Å². The Hall–Kier alpha value is -3.06. The van der Waals surface area contributed by atoms with Crippen molar-refractivity contribution in [3.63, 3.8) is 0 Å². The summed E-state index contributed by atoms with van der Waals surface area (Å²) < 4.78 is 5.42.